The number of nitrogens with one attached hydrogen (secondary N) is 1. The van der Waals surface area contributed by atoms with E-state index in [4.69, 9.17) is 5.84 Å². The summed E-state index contributed by atoms with van der Waals surface area (Å²) in [5, 5.41) is 0. The predicted molar refractivity (Wildman–Crippen MR) is 60.0 cm³/mol. The summed E-state index contributed by atoms with van der Waals surface area (Å²) in [6.45, 7) is 2.54. The second kappa shape index (κ2) is 6.17. The van der Waals surface area contributed by atoms with E-state index in [9.17, 15) is 8.78 Å². The van der Waals surface area contributed by atoms with Crippen molar-refractivity contribution in [1.82, 2.24) is 5.43 Å². The van der Waals surface area contributed by atoms with Crippen LogP contribution in [0.25, 0.3) is 0 Å². The summed E-state index contributed by atoms with van der Waals surface area (Å²) in [5.41, 5.74) is 2.34. The summed E-state index contributed by atoms with van der Waals surface area (Å²) < 4.78 is 26.6. The van der Waals surface area contributed by atoms with Gasteiger partial charge >= 0.3 is 0 Å². The average molecular weight is 227 g/mol. The van der Waals surface area contributed by atoms with Crippen LogP contribution in [-0.4, -0.2) is 12.4 Å². The molecular weight excluding hydrogens is 212 g/mol. The second-order valence-corrected chi connectivity index (χ2v) is 3.35. The summed E-state index contributed by atoms with van der Waals surface area (Å²) >= 11 is 0. The van der Waals surface area contributed by atoms with E-state index in [1.165, 1.54) is 18.2 Å². The zero-order chi connectivity index (χ0) is 12.0. The maximum atomic E-state index is 13.3. The van der Waals surface area contributed by atoms with Crippen molar-refractivity contribution in [3.8, 4) is 0 Å². The monoisotopic (exact) mass is 227 g/mol. The fraction of sp³-hybridized carbons (Fsp3) is 0.364. The Morgan fingerprint density at radius 2 is 2.00 bits per heavy atom. The van der Waals surface area contributed by atoms with E-state index >= 15 is 0 Å². The van der Waals surface area contributed by atoms with Gasteiger partial charge in [0.1, 0.15) is 17.5 Å². The molecule has 88 valence electrons. The number of hydrogen-bond acceptors (Lipinski definition) is 2. The highest BCUT2D eigenvalue weighted by atomic mass is 19.1. The minimum absolute atomic E-state index is 0.0182. The Morgan fingerprint density at radius 1 is 1.38 bits per heavy atom. The predicted octanol–water partition coefficient (Wildman–Crippen LogP) is 1.78. The Hall–Kier alpha value is -1.49. The van der Waals surface area contributed by atoms with Gasteiger partial charge in [0.15, 0.2) is 0 Å². The molecule has 0 aliphatic rings. The van der Waals surface area contributed by atoms with Gasteiger partial charge < -0.3 is 5.43 Å². The van der Waals surface area contributed by atoms with Gasteiger partial charge in [-0.05, 0) is 18.6 Å². The van der Waals surface area contributed by atoms with Crippen LogP contribution in [0.5, 0.6) is 0 Å². The number of benzene rings is 1. The minimum atomic E-state index is -0.584. The zero-order valence-corrected chi connectivity index (χ0v) is 9.13. The fourth-order valence-corrected chi connectivity index (χ4v) is 1.27. The molecular formula is C11H15F2N3. The number of aliphatic imine (C=N–C) groups is 1. The molecule has 5 heteroatoms. The van der Waals surface area contributed by atoms with Crippen LogP contribution in [0.1, 0.15) is 18.9 Å². The number of rotatable bonds is 4. The van der Waals surface area contributed by atoms with Crippen molar-refractivity contribution in [2.24, 2.45) is 10.8 Å². The Morgan fingerprint density at radius 3 is 2.50 bits per heavy atom. The molecule has 0 aliphatic heterocycles. The van der Waals surface area contributed by atoms with Crippen molar-refractivity contribution in [2.45, 2.75) is 19.8 Å². The Kier molecular flexibility index (Phi) is 4.85. The molecule has 0 unspecified atom stereocenters. The summed E-state index contributed by atoms with van der Waals surface area (Å²) in [6.07, 6.45) is 0.889. The van der Waals surface area contributed by atoms with E-state index in [1.807, 2.05) is 6.92 Å². The number of nitrogens with zero attached hydrogens (tertiary/aromatic N) is 1. The molecule has 0 amide bonds. The molecule has 0 spiro atoms. The molecule has 1 rings (SSSR count). The number of nitrogens with two attached hydrogens (primary N) is 1. The molecule has 0 fully saturated rings. The molecule has 0 aliphatic carbocycles. The number of amidine groups is 1. The molecule has 0 bridgehead atoms. The van der Waals surface area contributed by atoms with Gasteiger partial charge in [-0.3, -0.25) is 4.99 Å². The normalized spacial score (nSPS) is 11.6. The highest BCUT2D eigenvalue weighted by Crippen LogP contribution is 2.12. The second-order valence-electron chi connectivity index (χ2n) is 3.35. The third-order valence-corrected chi connectivity index (χ3v) is 2.10. The van der Waals surface area contributed by atoms with Gasteiger partial charge in [-0.2, -0.15) is 0 Å². The van der Waals surface area contributed by atoms with Crippen LogP contribution in [0.15, 0.2) is 23.2 Å². The molecule has 1 aromatic carbocycles. The van der Waals surface area contributed by atoms with Crippen molar-refractivity contribution in [2.75, 3.05) is 6.54 Å². The minimum Gasteiger partial charge on any atom is -0.312 e. The van der Waals surface area contributed by atoms with Crippen LogP contribution in [0, 0.1) is 11.6 Å². The average Bonchev–Trinajstić information content (AvgIpc) is 2.28. The molecule has 0 saturated heterocycles. The summed E-state index contributed by atoms with van der Waals surface area (Å²) in [6, 6.07) is 3.76. The number of hydrazine groups is 1. The van der Waals surface area contributed by atoms with Crippen molar-refractivity contribution >= 4 is 5.84 Å². The van der Waals surface area contributed by atoms with E-state index in [1.54, 1.807) is 0 Å². The lowest BCUT2D eigenvalue weighted by Crippen LogP contribution is -2.32. The van der Waals surface area contributed by atoms with E-state index in [2.05, 4.69) is 10.4 Å². The quantitative estimate of drug-likeness (QED) is 0.356. The largest absolute Gasteiger partial charge is 0.312 e. The lowest BCUT2D eigenvalue weighted by molar-refractivity contribution is 0.563. The van der Waals surface area contributed by atoms with Gasteiger partial charge in [0.05, 0.1) is 0 Å². The first-order valence-corrected chi connectivity index (χ1v) is 5.11. The van der Waals surface area contributed by atoms with Crippen LogP contribution in [0.2, 0.25) is 0 Å². The highest BCUT2D eigenvalue weighted by Gasteiger charge is 2.10. The van der Waals surface area contributed by atoms with Crippen LogP contribution >= 0.6 is 0 Å². The van der Waals surface area contributed by atoms with Crippen molar-refractivity contribution in [3.05, 3.63) is 35.4 Å². The standard InChI is InChI=1S/C11H15F2N3/c1-2-6-15-11(16-14)7-8-9(12)4-3-5-10(8)13/h3-5H,2,6-7,14H2,1H3,(H,15,16). The van der Waals surface area contributed by atoms with E-state index in [0.29, 0.717) is 12.4 Å². The molecule has 0 radical (unpaired) electrons. The first-order valence-electron chi connectivity index (χ1n) is 5.11. The Labute approximate surface area is 93.3 Å². The van der Waals surface area contributed by atoms with Crippen LogP contribution in [-0.2, 0) is 6.42 Å². The highest BCUT2D eigenvalue weighted by molar-refractivity contribution is 5.83. The maximum absolute atomic E-state index is 13.3. The summed E-state index contributed by atoms with van der Waals surface area (Å²) in [5.74, 6) is 4.45. The van der Waals surface area contributed by atoms with Gasteiger partial charge in [0, 0.05) is 18.5 Å². The molecule has 3 N–H and O–H groups in total. The lowest BCUT2D eigenvalue weighted by atomic mass is 10.1. The molecule has 0 saturated carbocycles. The smallest absolute Gasteiger partial charge is 0.129 e. The van der Waals surface area contributed by atoms with Gasteiger partial charge in [0.2, 0.25) is 0 Å². The van der Waals surface area contributed by atoms with Crippen molar-refractivity contribution in [1.29, 1.82) is 0 Å². The van der Waals surface area contributed by atoms with Crippen LogP contribution in [0.3, 0.4) is 0 Å². The van der Waals surface area contributed by atoms with Gasteiger partial charge in [-0.15, -0.1) is 0 Å². The van der Waals surface area contributed by atoms with Gasteiger partial charge in [0.25, 0.3) is 0 Å². The fourth-order valence-electron chi connectivity index (χ4n) is 1.27. The molecule has 0 atom stereocenters. The van der Waals surface area contributed by atoms with E-state index in [0.717, 1.165) is 6.42 Å². The van der Waals surface area contributed by atoms with Crippen molar-refractivity contribution < 1.29 is 8.78 Å². The third-order valence-electron chi connectivity index (χ3n) is 2.10. The molecule has 16 heavy (non-hydrogen) atoms. The number of halogens is 2. The molecule has 3 nitrogen and oxygen atoms in total. The summed E-state index contributed by atoms with van der Waals surface area (Å²) in [7, 11) is 0. The van der Waals surface area contributed by atoms with Gasteiger partial charge in [-0.1, -0.05) is 13.0 Å². The molecule has 1 aromatic rings. The zero-order valence-electron chi connectivity index (χ0n) is 9.13. The molecule has 0 aromatic heterocycles. The van der Waals surface area contributed by atoms with Crippen LogP contribution in [0.4, 0.5) is 8.78 Å². The SMILES string of the molecule is CCCN=C(Cc1c(F)cccc1F)NN. The lowest BCUT2D eigenvalue weighted by Gasteiger charge is -2.07. The van der Waals surface area contributed by atoms with Gasteiger partial charge in [-0.25, -0.2) is 14.6 Å². The molecule has 0 heterocycles. The number of hydrogen-bond donors (Lipinski definition) is 2. The van der Waals surface area contributed by atoms with Crippen molar-refractivity contribution in [3.63, 3.8) is 0 Å². The van der Waals surface area contributed by atoms with E-state index < -0.39 is 11.6 Å². The Bertz CT molecular complexity index is 357. The first-order chi connectivity index (χ1) is 7.69. The topological polar surface area (TPSA) is 50.4 Å². The maximum Gasteiger partial charge on any atom is 0.129 e. The third kappa shape index (κ3) is 3.27. The summed E-state index contributed by atoms with van der Waals surface area (Å²) in [4.78, 5) is 4.09. The first kappa shape index (κ1) is 12.6. The van der Waals surface area contributed by atoms with Crippen LogP contribution < -0.4 is 11.3 Å². The Balaban J connectivity index is 2.85. The van der Waals surface area contributed by atoms with E-state index in [-0.39, 0.29) is 12.0 Å².